The molecule has 5 nitrogen and oxygen atoms in total. The van der Waals surface area contributed by atoms with Gasteiger partial charge in [0.25, 0.3) is 5.56 Å². The minimum atomic E-state index is -0.0701. The quantitative estimate of drug-likeness (QED) is 0.791. The summed E-state index contributed by atoms with van der Waals surface area (Å²) in [6.45, 7) is 0. The van der Waals surface area contributed by atoms with Crippen molar-refractivity contribution in [2.45, 2.75) is 25.7 Å². The molecule has 1 aliphatic carbocycles. The van der Waals surface area contributed by atoms with Crippen molar-refractivity contribution in [3.05, 3.63) is 39.0 Å². The minimum Gasteiger partial charge on any atom is -0.497 e. The molecule has 0 atom stereocenters. The monoisotopic (exact) mass is 342 g/mol. The standard InChI is InChI=1S/C18H18N2O3S/c1-22-10-7-8-13(23-2)12(9-10)16-19-17(21)15-11-5-3-4-6-14(11)24-18(15)20-16/h7-9H,3-6H2,1-2H3,(H,19,20,21). The molecule has 0 saturated carbocycles. The van der Waals surface area contributed by atoms with Gasteiger partial charge in [0.15, 0.2) is 0 Å². The highest BCUT2D eigenvalue weighted by Crippen LogP contribution is 2.36. The molecular formula is C18H18N2O3S. The highest BCUT2D eigenvalue weighted by Gasteiger charge is 2.21. The maximum Gasteiger partial charge on any atom is 0.260 e. The van der Waals surface area contributed by atoms with Crippen molar-refractivity contribution in [2.24, 2.45) is 0 Å². The van der Waals surface area contributed by atoms with Crippen LogP contribution in [0.5, 0.6) is 11.5 Å². The Bertz CT molecular complexity index is 974. The minimum absolute atomic E-state index is 0.0701. The summed E-state index contributed by atoms with van der Waals surface area (Å²) in [5.74, 6) is 1.86. The molecule has 2 aromatic heterocycles. The summed E-state index contributed by atoms with van der Waals surface area (Å²) in [7, 11) is 3.21. The molecular weight excluding hydrogens is 324 g/mol. The Kier molecular flexibility index (Phi) is 3.76. The number of thiophene rings is 1. The van der Waals surface area contributed by atoms with Crippen LogP contribution in [0.3, 0.4) is 0 Å². The Morgan fingerprint density at radius 2 is 2.00 bits per heavy atom. The number of aromatic amines is 1. The number of ether oxygens (including phenoxy) is 2. The van der Waals surface area contributed by atoms with Gasteiger partial charge in [-0.3, -0.25) is 4.79 Å². The van der Waals surface area contributed by atoms with Crippen LogP contribution in [0.25, 0.3) is 21.6 Å². The van der Waals surface area contributed by atoms with E-state index < -0.39 is 0 Å². The van der Waals surface area contributed by atoms with Crippen LogP contribution in [0.15, 0.2) is 23.0 Å². The van der Waals surface area contributed by atoms with Gasteiger partial charge in [0.1, 0.15) is 22.2 Å². The van der Waals surface area contributed by atoms with Crippen LogP contribution in [0.4, 0.5) is 0 Å². The Morgan fingerprint density at radius 1 is 1.17 bits per heavy atom. The second kappa shape index (κ2) is 5.94. The third-order valence-electron chi connectivity index (χ3n) is 4.49. The molecule has 0 saturated heterocycles. The van der Waals surface area contributed by atoms with Gasteiger partial charge in [-0.15, -0.1) is 11.3 Å². The van der Waals surface area contributed by atoms with Crippen LogP contribution in [0, 0.1) is 0 Å². The number of hydrogen-bond donors (Lipinski definition) is 1. The fourth-order valence-corrected chi connectivity index (χ4v) is 4.55. The molecule has 2 heterocycles. The summed E-state index contributed by atoms with van der Waals surface area (Å²) >= 11 is 1.64. The number of fused-ring (bicyclic) bond motifs is 3. The lowest BCUT2D eigenvalue weighted by Gasteiger charge is -2.10. The fraction of sp³-hybridized carbons (Fsp3) is 0.333. The van der Waals surface area contributed by atoms with Crippen molar-refractivity contribution in [2.75, 3.05) is 14.2 Å². The second-order valence-corrected chi connectivity index (χ2v) is 6.96. The van der Waals surface area contributed by atoms with E-state index in [2.05, 4.69) is 4.98 Å². The van der Waals surface area contributed by atoms with E-state index >= 15 is 0 Å². The zero-order valence-corrected chi connectivity index (χ0v) is 14.5. The zero-order valence-electron chi connectivity index (χ0n) is 13.6. The number of nitrogens with one attached hydrogen (secondary N) is 1. The van der Waals surface area contributed by atoms with Crippen LogP contribution in [0.2, 0.25) is 0 Å². The van der Waals surface area contributed by atoms with Crippen molar-refractivity contribution < 1.29 is 9.47 Å². The van der Waals surface area contributed by atoms with Gasteiger partial charge in [-0.1, -0.05) is 0 Å². The molecule has 0 amide bonds. The molecule has 124 valence electrons. The first-order chi connectivity index (χ1) is 11.7. The fourth-order valence-electron chi connectivity index (χ4n) is 3.29. The summed E-state index contributed by atoms with van der Waals surface area (Å²) in [4.78, 5) is 22.5. The van der Waals surface area contributed by atoms with Crippen LogP contribution in [-0.4, -0.2) is 24.2 Å². The summed E-state index contributed by atoms with van der Waals surface area (Å²) in [6.07, 6.45) is 4.35. The number of aromatic nitrogens is 2. The van der Waals surface area contributed by atoms with Gasteiger partial charge in [-0.25, -0.2) is 4.98 Å². The molecule has 24 heavy (non-hydrogen) atoms. The molecule has 1 aromatic carbocycles. The van der Waals surface area contributed by atoms with Gasteiger partial charge in [-0.05, 0) is 49.4 Å². The predicted octanol–water partition coefficient (Wildman–Crippen LogP) is 3.55. The van der Waals surface area contributed by atoms with Gasteiger partial charge < -0.3 is 14.5 Å². The van der Waals surface area contributed by atoms with Crippen LogP contribution < -0.4 is 15.0 Å². The lowest BCUT2D eigenvalue weighted by molar-refractivity contribution is 0.404. The lowest BCUT2D eigenvalue weighted by atomic mass is 9.97. The Hall–Kier alpha value is -2.34. The SMILES string of the molecule is COc1ccc(OC)c(-c2nc3sc4c(c3c(=O)[nH]2)CCCC4)c1. The first-order valence-corrected chi connectivity index (χ1v) is 8.80. The van der Waals surface area contributed by atoms with Crippen LogP contribution >= 0.6 is 11.3 Å². The number of benzene rings is 1. The van der Waals surface area contributed by atoms with Crippen molar-refractivity contribution in [1.29, 1.82) is 0 Å². The van der Waals surface area contributed by atoms with E-state index in [-0.39, 0.29) is 5.56 Å². The topological polar surface area (TPSA) is 64.2 Å². The molecule has 0 aliphatic heterocycles. The van der Waals surface area contributed by atoms with Crippen molar-refractivity contribution in [3.8, 4) is 22.9 Å². The Morgan fingerprint density at radius 3 is 2.79 bits per heavy atom. The van der Waals surface area contributed by atoms with Crippen molar-refractivity contribution in [1.82, 2.24) is 9.97 Å². The zero-order chi connectivity index (χ0) is 16.7. The van der Waals surface area contributed by atoms with Gasteiger partial charge in [0, 0.05) is 4.88 Å². The van der Waals surface area contributed by atoms with Crippen LogP contribution in [-0.2, 0) is 12.8 Å². The van der Waals surface area contributed by atoms with Gasteiger partial charge in [-0.2, -0.15) is 0 Å². The predicted molar refractivity (Wildman–Crippen MR) is 95.4 cm³/mol. The van der Waals surface area contributed by atoms with E-state index in [4.69, 9.17) is 14.5 Å². The number of rotatable bonds is 3. The Labute approximate surface area is 143 Å². The third kappa shape index (κ3) is 2.38. The second-order valence-electron chi connectivity index (χ2n) is 5.87. The molecule has 0 fully saturated rings. The number of methoxy groups -OCH3 is 2. The smallest absolute Gasteiger partial charge is 0.260 e. The molecule has 4 rings (SSSR count). The van der Waals surface area contributed by atoms with Gasteiger partial charge in [0.05, 0.1) is 25.2 Å². The molecule has 0 unspecified atom stereocenters. The van der Waals surface area contributed by atoms with E-state index in [1.807, 2.05) is 18.2 Å². The first-order valence-electron chi connectivity index (χ1n) is 7.98. The summed E-state index contributed by atoms with van der Waals surface area (Å²) in [6, 6.07) is 5.47. The molecule has 1 aliphatic rings. The highest BCUT2D eigenvalue weighted by molar-refractivity contribution is 7.18. The summed E-state index contributed by atoms with van der Waals surface area (Å²) < 4.78 is 10.7. The third-order valence-corrected chi connectivity index (χ3v) is 5.67. The molecule has 0 radical (unpaired) electrons. The first kappa shape index (κ1) is 15.2. The molecule has 3 aromatic rings. The average molecular weight is 342 g/mol. The van der Waals surface area contributed by atoms with Crippen molar-refractivity contribution >= 4 is 21.6 Å². The highest BCUT2D eigenvalue weighted by atomic mass is 32.1. The lowest BCUT2D eigenvalue weighted by Crippen LogP contribution is -2.11. The number of hydrogen-bond acceptors (Lipinski definition) is 5. The number of aryl methyl sites for hydroxylation is 2. The van der Waals surface area contributed by atoms with Gasteiger partial charge in [0.2, 0.25) is 0 Å². The number of H-pyrrole nitrogens is 1. The van der Waals surface area contributed by atoms with E-state index in [9.17, 15) is 4.79 Å². The molecule has 6 heteroatoms. The molecule has 1 N–H and O–H groups in total. The van der Waals surface area contributed by atoms with Crippen molar-refractivity contribution in [3.63, 3.8) is 0 Å². The number of nitrogens with zero attached hydrogens (tertiary/aromatic N) is 1. The maximum absolute atomic E-state index is 12.7. The molecule has 0 bridgehead atoms. The average Bonchev–Trinajstić information content (AvgIpc) is 3.00. The normalized spacial score (nSPS) is 13.8. The summed E-state index contributed by atoms with van der Waals surface area (Å²) in [5, 5.41) is 0.764. The van der Waals surface area contributed by atoms with E-state index in [0.29, 0.717) is 17.3 Å². The largest absolute Gasteiger partial charge is 0.497 e. The molecule has 0 spiro atoms. The van der Waals surface area contributed by atoms with Crippen LogP contribution in [0.1, 0.15) is 23.3 Å². The van der Waals surface area contributed by atoms with Gasteiger partial charge >= 0.3 is 0 Å². The van der Waals surface area contributed by atoms with E-state index in [0.717, 1.165) is 35.0 Å². The Balaban J connectivity index is 1.94. The van der Waals surface area contributed by atoms with E-state index in [1.54, 1.807) is 25.6 Å². The maximum atomic E-state index is 12.7. The van der Waals surface area contributed by atoms with E-state index in [1.165, 1.54) is 16.9 Å². The summed E-state index contributed by atoms with van der Waals surface area (Å²) in [5.41, 5.74) is 1.85.